The van der Waals surface area contributed by atoms with Crippen LogP contribution in [0, 0.1) is 0 Å². The summed E-state index contributed by atoms with van der Waals surface area (Å²) in [4.78, 5) is 24.0. The largest absolute Gasteiger partial charge is 0.378 e. The van der Waals surface area contributed by atoms with Crippen molar-refractivity contribution in [1.29, 1.82) is 0 Å². The van der Waals surface area contributed by atoms with Gasteiger partial charge in [-0.05, 0) is 0 Å². The lowest BCUT2D eigenvalue weighted by Crippen LogP contribution is -2.37. The number of carbonyl (C=O) groups excluding carboxylic acids is 1. The molecule has 1 aromatic rings. The van der Waals surface area contributed by atoms with Gasteiger partial charge in [-0.1, -0.05) is 0 Å². The Kier molecular flexibility index (Phi) is 3.52. The molecule has 0 radical (unpaired) electrons. The van der Waals surface area contributed by atoms with Gasteiger partial charge in [-0.3, -0.25) is 9.69 Å². The van der Waals surface area contributed by atoms with Crippen LogP contribution in [0.3, 0.4) is 0 Å². The van der Waals surface area contributed by atoms with Crippen LogP contribution in [0.4, 0.5) is 11.6 Å². The van der Waals surface area contributed by atoms with Crippen molar-refractivity contribution >= 4 is 29.1 Å². The molecule has 3 rings (SSSR count). The molecule has 2 saturated heterocycles. The molecule has 2 aliphatic heterocycles. The SMILES string of the molecule is O=C1CC(Cl)CN1c1cc(N2CCOCC2)ncn1. The van der Waals surface area contributed by atoms with Crippen molar-refractivity contribution in [3.05, 3.63) is 12.4 Å². The van der Waals surface area contributed by atoms with Gasteiger partial charge in [0.25, 0.3) is 0 Å². The van der Waals surface area contributed by atoms with Gasteiger partial charge in [-0.25, -0.2) is 9.97 Å². The van der Waals surface area contributed by atoms with Crippen molar-refractivity contribution < 1.29 is 9.53 Å². The van der Waals surface area contributed by atoms with Gasteiger partial charge in [0, 0.05) is 32.1 Å². The first-order chi connectivity index (χ1) is 9.24. The third-order valence-corrected chi connectivity index (χ3v) is 3.62. The second-order valence-corrected chi connectivity index (χ2v) is 5.26. The smallest absolute Gasteiger partial charge is 0.229 e. The van der Waals surface area contributed by atoms with Crippen molar-refractivity contribution in [3.8, 4) is 0 Å². The lowest BCUT2D eigenvalue weighted by Gasteiger charge is -2.28. The summed E-state index contributed by atoms with van der Waals surface area (Å²) >= 11 is 6.01. The number of hydrogen-bond donors (Lipinski definition) is 0. The minimum Gasteiger partial charge on any atom is -0.378 e. The lowest BCUT2D eigenvalue weighted by atomic mass is 10.4. The third-order valence-electron chi connectivity index (χ3n) is 3.33. The average Bonchev–Trinajstić information content (AvgIpc) is 2.79. The number of anilines is 2. The Morgan fingerprint density at radius 3 is 2.68 bits per heavy atom. The summed E-state index contributed by atoms with van der Waals surface area (Å²) in [7, 11) is 0. The topological polar surface area (TPSA) is 58.6 Å². The summed E-state index contributed by atoms with van der Waals surface area (Å²) in [6.07, 6.45) is 1.87. The molecule has 0 bridgehead atoms. The van der Waals surface area contributed by atoms with Crippen LogP contribution in [0.15, 0.2) is 12.4 Å². The summed E-state index contributed by atoms with van der Waals surface area (Å²) in [5.41, 5.74) is 0. The first-order valence-electron chi connectivity index (χ1n) is 6.33. The van der Waals surface area contributed by atoms with Gasteiger partial charge in [0.1, 0.15) is 18.0 Å². The highest BCUT2D eigenvalue weighted by Gasteiger charge is 2.30. The Hall–Kier alpha value is -1.40. The maximum atomic E-state index is 11.8. The highest BCUT2D eigenvalue weighted by atomic mass is 35.5. The predicted octanol–water partition coefficient (Wildman–Crippen LogP) is 0.657. The Labute approximate surface area is 116 Å². The van der Waals surface area contributed by atoms with E-state index in [2.05, 4.69) is 14.9 Å². The number of rotatable bonds is 2. The quantitative estimate of drug-likeness (QED) is 0.746. The number of aromatic nitrogens is 2. The predicted molar refractivity (Wildman–Crippen MR) is 71.7 cm³/mol. The number of amides is 1. The number of carbonyl (C=O) groups is 1. The number of alkyl halides is 1. The Morgan fingerprint density at radius 2 is 2.00 bits per heavy atom. The fraction of sp³-hybridized carbons (Fsp3) is 0.583. The van der Waals surface area contributed by atoms with Crippen molar-refractivity contribution in [2.75, 3.05) is 42.6 Å². The van der Waals surface area contributed by atoms with E-state index in [-0.39, 0.29) is 11.3 Å². The van der Waals surface area contributed by atoms with Crippen LogP contribution in [-0.4, -0.2) is 54.1 Å². The molecule has 1 amide bonds. The van der Waals surface area contributed by atoms with E-state index in [4.69, 9.17) is 16.3 Å². The standard InChI is InChI=1S/C12H15ClN4O2/c13-9-5-12(18)17(7-9)11-6-10(14-8-15-11)16-1-3-19-4-2-16/h6,8-9H,1-5,7H2. The van der Waals surface area contributed by atoms with E-state index in [1.54, 1.807) is 4.90 Å². The third kappa shape index (κ3) is 2.64. The van der Waals surface area contributed by atoms with Gasteiger partial charge in [0.2, 0.25) is 5.91 Å². The van der Waals surface area contributed by atoms with Crippen LogP contribution < -0.4 is 9.80 Å². The summed E-state index contributed by atoms with van der Waals surface area (Å²) in [6.45, 7) is 3.53. The summed E-state index contributed by atoms with van der Waals surface area (Å²) in [5, 5.41) is -0.130. The molecule has 0 aromatic carbocycles. The molecule has 6 nitrogen and oxygen atoms in total. The molecular formula is C12H15ClN4O2. The van der Waals surface area contributed by atoms with Crippen LogP contribution in [0.5, 0.6) is 0 Å². The normalized spacial score (nSPS) is 24.1. The molecule has 1 aromatic heterocycles. The molecule has 1 atom stereocenters. The Bertz CT molecular complexity index is 479. The van der Waals surface area contributed by atoms with Crippen LogP contribution >= 0.6 is 11.6 Å². The molecule has 1 unspecified atom stereocenters. The second kappa shape index (κ2) is 5.30. The molecule has 0 saturated carbocycles. The van der Waals surface area contributed by atoms with Crippen LogP contribution in [-0.2, 0) is 9.53 Å². The molecule has 3 heterocycles. The summed E-state index contributed by atoms with van der Waals surface area (Å²) < 4.78 is 5.32. The van der Waals surface area contributed by atoms with Gasteiger partial charge in [-0.2, -0.15) is 0 Å². The Balaban J connectivity index is 1.81. The first-order valence-corrected chi connectivity index (χ1v) is 6.77. The number of hydrogen-bond acceptors (Lipinski definition) is 5. The number of nitrogens with zero attached hydrogens (tertiary/aromatic N) is 4. The van der Waals surface area contributed by atoms with E-state index in [0.717, 1.165) is 18.9 Å². The summed E-state index contributed by atoms with van der Waals surface area (Å²) in [5.74, 6) is 1.48. The van der Waals surface area contributed by atoms with Gasteiger partial charge in [-0.15, -0.1) is 11.6 Å². The summed E-state index contributed by atoms with van der Waals surface area (Å²) in [6, 6.07) is 1.85. The van der Waals surface area contributed by atoms with E-state index < -0.39 is 0 Å². The molecule has 7 heteroatoms. The van der Waals surface area contributed by atoms with Crippen LogP contribution in [0.1, 0.15) is 6.42 Å². The van der Waals surface area contributed by atoms with E-state index >= 15 is 0 Å². The molecule has 2 fully saturated rings. The zero-order valence-electron chi connectivity index (χ0n) is 10.5. The highest BCUT2D eigenvalue weighted by Crippen LogP contribution is 2.24. The van der Waals surface area contributed by atoms with Crippen molar-refractivity contribution in [2.45, 2.75) is 11.8 Å². The molecule has 0 aliphatic carbocycles. The second-order valence-electron chi connectivity index (χ2n) is 4.64. The van der Waals surface area contributed by atoms with E-state index in [9.17, 15) is 4.79 Å². The Morgan fingerprint density at radius 1 is 1.26 bits per heavy atom. The molecule has 2 aliphatic rings. The fourth-order valence-corrected chi connectivity index (χ4v) is 2.61. The fourth-order valence-electron chi connectivity index (χ4n) is 2.34. The number of morpholine rings is 1. The van der Waals surface area contributed by atoms with E-state index in [1.807, 2.05) is 6.07 Å². The first kappa shape index (κ1) is 12.6. The van der Waals surface area contributed by atoms with E-state index in [1.165, 1.54) is 6.33 Å². The van der Waals surface area contributed by atoms with Gasteiger partial charge in [0.15, 0.2) is 0 Å². The molecule has 102 valence electrons. The number of halogens is 1. The highest BCUT2D eigenvalue weighted by molar-refractivity contribution is 6.24. The molecule has 19 heavy (non-hydrogen) atoms. The van der Waals surface area contributed by atoms with Crippen molar-refractivity contribution in [1.82, 2.24) is 9.97 Å². The van der Waals surface area contributed by atoms with E-state index in [0.29, 0.717) is 32.0 Å². The molecular weight excluding hydrogens is 268 g/mol. The monoisotopic (exact) mass is 282 g/mol. The van der Waals surface area contributed by atoms with Gasteiger partial charge < -0.3 is 9.64 Å². The minimum absolute atomic E-state index is 0.0200. The molecule has 0 N–H and O–H groups in total. The number of ether oxygens (including phenoxy) is 1. The van der Waals surface area contributed by atoms with Crippen LogP contribution in [0.25, 0.3) is 0 Å². The van der Waals surface area contributed by atoms with Crippen molar-refractivity contribution in [2.24, 2.45) is 0 Å². The maximum absolute atomic E-state index is 11.8. The zero-order chi connectivity index (χ0) is 13.2. The van der Waals surface area contributed by atoms with Crippen LogP contribution in [0.2, 0.25) is 0 Å². The zero-order valence-corrected chi connectivity index (χ0v) is 11.2. The van der Waals surface area contributed by atoms with Crippen molar-refractivity contribution in [3.63, 3.8) is 0 Å². The molecule has 0 spiro atoms. The van der Waals surface area contributed by atoms with Gasteiger partial charge in [0.05, 0.1) is 18.6 Å². The minimum atomic E-state index is -0.130. The maximum Gasteiger partial charge on any atom is 0.229 e. The lowest BCUT2D eigenvalue weighted by molar-refractivity contribution is -0.117. The average molecular weight is 283 g/mol. The van der Waals surface area contributed by atoms with Gasteiger partial charge >= 0.3 is 0 Å².